The number of halogens is 3. The maximum atomic E-state index is 12.6. The number of rotatable bonds is 5. The fourth-order valence-corrected chi connectivity index (χ4v) is 2.55. The van der Waals surface area contributed by atoms with Crippen LogP contribution in [0.5, 0.6) is 11.5 Å². The quantitative estimate of drug-likeness (QED) is 0.780. The molecule has 3 nitrogen and oxygen atoms in total. The van der Waals surface area contributed by atoms with Crippen LogP contribution in [-0.2, 0) is 0 Å². The number of nitrogens with two attached hydrogens (primary N) is 1. The summed E-state index contributed by atoms with van der Waals surface area (Å²) in [5.41, 5.74) is 7.87. The summed E-state index contributed by atoms with van der Waals surface area (Å²) in [6, 6.07) is 11.5. The van der Waals surface area contributed by atoms with E-state index in [4.69, 9.17) is 10.5 Å². The number of nitrogen functional groups attached to an aromatic ring is 1. The Morgan fingerprint density at radius 1 is 0.958 bits per heavy atom. The van der Waals surface area contributed by atoms with Crippen molar-refractivity contribution in [2.24, 2.45) is 5.92 Å². The van der Waals surface area contributed by atoms with Gasteiger partial charge in [-0.2, -0.15) is 0 Å². The minimum Gasteiger partial charge on any atom is -0.489 e. The number of hydrogen-bond donors (Lipinski definition) is 1. The second-order valence-corrected chi connectivity index (χ2v) is 5.94. The Kier molecular flexibility index (Phi) is 4.55. The monoisotopic (exact) mass is 337 g/mol. The zero-order chi connectivity index (χ0) is 17.2. The lowest BCUT2D eigenvalue weighted by molar-refractivity contribution is -0.275. The van der Waals surface area contributed by atoms with Crippen molar-refractivity contribution in [1.29, 1.82) is 0 Å². The third-order valence-corrected chi connectivity index (χ3v) is 4.11. The Balaban J connectivity index is 1.86. The van der Waals surface area contributed by atoms with Crippen LogP contribution in [0.25, 0.3) is 11.1 Å². The van der Waals surface area contributed by atoms with Crippen molar-refractivity contribution in [1.82, 2.24) is 0 Å². The van der Waals surface area contributed by atoms with E-state index in [1.807, 2.05) is 12.1 Å². The highest BCUT2D eigenvalue weighted by Crippen LogP contribution is 2.37. The molecule has 3 rings (SSSR count). The molecule has 0 atom stereocenters. The van der Waals surface area contributed by atoms with E-state index in [-0.39, 0.29) is 11.5 Å². The summed E-state index contributed by atoms with van der Waals surface area (Å²) >= 11 is 0. The summed E-state index contributed by atoms with van der Waals surface area (Å²) in [6.45, 7) is 0.402. The van der Waals surface area contributed by atoms with Gasteiger partial charge in [0.05, 0.1) is 6.61 Å². The fourth-order valence-electron chi connectivity index (χ4n) is 2.55. The summed E-state index contributed by atoms with van der Waals surface area (Å²) in [5, 5.41) is 0. The van der Waals surface area contributed by atoms with Gasteiger partial charge in [-0.1, -0.05) is 24.6 Å². The average molecular weight is 337 g/mol. The number of ether oxygens (including phenoxy) is 2. The van der Waals surface area contributed by atoms with Gasteiger partial charge in [0.1, 0.15) is 0 Å². The molecule has 0 heterocycles. The van der Waals surface area contributed by atoms with Crippen molar-refractivity contribution in [2.45, 2.75) is 25.6 Å². The molecule has 0 aromatic heterocycles. The second kappa shape index (κ2) is 6.63. The molecule has 1 saturated carbocycles. The molecule has 2 aromatic carbocycles. The maximum absolute atomic E-state index is 12.6. The van der Waals surface area contributed by atoms with Crippen molar-refractivity contribution < 1.29 is 22.6 Å². The fraction of sp³-hybridized carbons (Fsp3) is 0.333. The average Bonchev–Trinajstić information content (AvgIpc) is 2.46. The van der Waals surface area contributed by atoms with E-state index in [9.17, 15) is 13.2 Å². The summed E-state index contributed by atoms with van der Waals surface area (Å²) < 4.78 is 47.4. The zero-order valence-corrected chi connectivity index (χ0v) is 13.0. The van der Waals surface area contributed by atoms with Gasteiger partial charge < -0.3 is 15.2 Å². The first-order valence-electron chi connectivity index (χ1n) is 7.79. The van der Waals surface area contributed by atoms with Crippen LogP contribution in [-0.4, -0.2) is 13.0 Å². The number of anilines is 1. The molecular weight excluding hydrogens is 319 g/mol. The Morgan fingerprint density at radius 2 is 1.62 bits per heavy atom. The molecule has 0 radical (unpaired) electrons. The van der Waals surface area contributed by atoms with Crippen molar-refractivity contribution in [3.63, 3.8) is 0 Å². The molecular formula is C18H18F3NO2. The smallest absolute Gasteiger partial charge is 0.489 e. The van der Waals surface area contributed by atoms with Crippen LogP contribution in [0, 0.1) is 5.92 Å². The summed E-state index contributed by atoms with van der Waals surface area (Å²) in [6.07, 6.45) is -1.51. The Labute approximate surface area is 138 Å². The second-order valence-electron chi connectivity index (χ2n) is 5.94. The van der Waals surface area contributed by atoms with E-state index in [2.05, 4.69) is 4.74 Å². The number of benzene rings is 2. The van der Waals surface area contributed by atoms with Gasteiger partial charge >= 0.3 is 6.36 Å². The van der Waals surface area contributed by atoms with Crippen molar-refractivity contribution >= 4 is 5.69 Å². The van der Waals surface area contributed by atoms with Gasteiger partial charge in [-0.3, -0.25) is 0 Å². The normalized spacial score (nSPS) is 15.0. The minimum absolute atomic E-state index is 0.105. The SMILES string of the molecule is Nc1ccc(-c2ccc(OC(F)(F)F)c(OCC3CCC3)c2)cc1. The molecule has 128 valence electrons. The minimum atomic E-state index is -4.75. The van der Waals surface area contributed by atoms with Crippen LogP contribution in [0.4, 0.5) is 18.9 Å². The molecule has 6 heteroatoms. The third kappa shape index (κ3) is 4.13. The molecule has 0 aliphatic heterocycles. The topological polar surface area (TPSA) is 44.5 Å². The number of hydrogen-bond acceptors (Lipinski definition) is 3. The first kappa shape index (κ1) is 16.5. The first-order chi connectivity index (χ1) is 11.4. The van der Waals surface area contributed by atoms with Crippen molar-refractivity contribution in [3.05, 3.63) is 42.5 Å². The van der Waals surface area contributed by atoms with Crippen LogP contribution in [0.2, 0.25) is 0 Å². The Bertz CT molecular complexity index is 694. The molecule has 1 fully saturated rings. The van der Waals surface area contributed by atoms with E-state index < -0.39 is 6.36 Å². The third-order valence-electron chi connectivity index (χ3n) is 4.11. The molecule has 1 aliphatic rings. The predicted molar refractivity (Wildman–Crippen MR) is 85.8 cm³/mol. The van der Waals surface area contributed by atoms with Crippen LogP contribution in [0.15, 0.2) is 42.5 Å². The Hall–Kier alpha value is -2.37. The van der Waals surface area contributed by atoms with Crippen molar-refractivity contribution in [2.75, 3.05) is 12.3 Å². The lowest BCUT2D eigenvalue weighted by atomic mass is 9.86. The van der Waals surface area contributed by atoms with Crippen molar-refractivity contribution in [3.8, 4) is 22.6 Å². The van der Waals surface area contributed by atoms with E-state index >= 15 is 0 Å². The first-order valence-corrected chi connectivity index (χ1v) is 7.79. The van der Waals surface area contributed by atoms with Crippen LogP contribution in [0.1, 0.15) is 19.3 Å². The maximum Gasteiger partial charge on any atom is 0.573 e. The van der Waals surface area contributed by atoms with Crippen LogP contribution in [0.3, 0.4) is 0 Å². The van der Waals surface area contributed by atoms with Gasteiger partial charge in [0.15, 0.2) is 11.5 Å². The summed E-state index contributed by atoms with van der Waals surface area (Å²) in [4.78, 5) is 0. The van der Waals surface area contributed by atoms with Gasteiger partial charge in [0, 0.05) is 5.69 Å². The van der Waals surface area contributed by atoms with E-state index in [0.29, 0.717) is 18.2 Å². The highest BCUT2D eigenvalue weighted by atomic mass is 19.4. The zero-order valence-electron chi connectivity index (χ0n) is 13.0. The van der Waals surface area contributed by atoms with Crippen LogP contribution >= 0.6 is 0 Å². The van der Waals surface area contributed by atoms with Crippen LogP contribution < -0.4 is 15.2 Å². The van der Waals surface area contributed by atoms with Gasteiger partial charge in [0.25, 0.3) is 0 Å². The molecule has 0 bridgehead atoms. The highest BCUT2D eigenvalue weighted by molar-refractivity contribution is 5.68. The molecule has 24 heavy (non-hydrogen) atoms. The standard InChI is InChI=1S/C18H18F3NO2/c19-18(20,21)24-16-9-6-14(13-4-7-15(22)8-5-13)10-17(16)23-11-12-2-1-3-12/h4-10,12H,1-3,11,22H2. The molecule has 0 amide bonds. The predicted octanol–water partition coefficient (Wildman–Crippen LogP) is 5.01. The number of alkyl halides is 3. The molecule has 2 aromatic rings. The molecule has 0 saturated heterocycles. The molecule has 0 unspecified atom stereocenters. The molecule has 0 spiro atoms. The molecule has 1 aliphatic carbocycles. The lowest BCUT2D eigenvalue weighted by Gasteiger charge is -2.26. The highest BCUT2D eigenvalue weighted by Gasteiger charge is 2.32. The van der Waals surface area contributed by atoms with E-state index in [1.54, 1.807) is 24.3 Å². The Morgan fingerprint density at radius 3 is 2.21 bits per heavy atom. The largest absolute Gasteiger partial charge is 0.573 e. The molecule has 2 N–H and O–H groups in total. The van der Waals surface area contributed by atoms with E-state index in [1.165, 1.54) is 6.07 Å². The van der Waals surface area contributed by atoms with E-state index in [0.717, 1.165) is 30.4 Å². The van der Waals surface area contributed by atoms with Gasteiger partial charge in [-0.25, -0.2) is 0 Å². The van der Waals surface area contributed by atoms with Gasteiger partial charge in [-0.15, -0.1) is 13.2 Å². The lowest BCUT2D eigenvalue weighted by Crippen LogP contribution is -2.21. The van der Waals surface area contributed by atoms with Gasteiger partial charge in [0.2, 0.25) is 0 Å². The summed E-state index contributed by atoms with van der Waals surface area (Å²) in [7, 11) is 0. The summed E-state index contributed by atoms with van der Waals surface area (Å²) in [5.74, 6) is 0.193. The van der Waals surface area contributed by atoms with Gasteiger partial charge in [-0.05, 0) is 54.2 Å².